The van der Waals surface area contributed by atoms with Crippen molar-refractivity contribution < 1.29 is 9.53 Å². The Morgan fingerprint density at radius 3 is 3.04 bits per heavy atom. The minimum absolute atomic E-state index is 0.0801. The summed E-state index contributed by atoms with van der Waals surface area (Å²) in [6.07, 6.45) is 6.08. The quantitative estimate of drug-likeness (QED) is 0.602. The summed E-state index contributed by atoms with van der Waals surface area (Å²) in [7, 11) is 0. The smallest absolute Gasteiger partial charge is 0.229 e. The lowest BCUT2D eigenvalue weighted by molar-refractivity contribution is -0.132. The molecule has 0 saturated carbocycles. The average Bonchev–Trinajstić information content (AvgIpc) is 3.44. The van der Waals surface area contributed by atoms with Gasteiger partial charge in [0.25, 0.3) is 0 Å². The van der Waals surface area contributed by atoms with Crippen LogP contribution in [0.5, 0.6) is 0 Å². The predicted octanol–water partition coefficient (Wildman–Crippen LogP) is 4.02. The molecule has 0 aliphatic carbocycles. The first-order chi connectivity index (χ1) is 13.3. The number of hydrogen-bond donors (Lipinski definition) is 0. The summed E-state index contributed by atoms with van der Waals surface area (Å²) < 4.78 is 5.75. The van der Waals surface area contributed by atoms with Gasteiger partial charge in [-0.25, -0.2) is 4.98 Å². The van der Waals surface area contributed by atoms with Crippen molar-refractivity contribution in [3.8, 4) is 10.6 Å². The zero-order chi connectivity index (χ0) is 18.5. The minimum atomic E-state index is 0.0801. The molecule has 140 valence electrons. The molecular formula is C20H21N3O2S2. The minimum Gasteiger partial charge on any atom is -0.376 e. The van der Waals surface area contributed by atoms with Gasteiger partial charge in [-0.1, -0.05) is 6.07 Å². The highest BCUT2D eigenvalue weighted by molar-refractivity contribution is 7.14. The summed E-state index contributed by atoms with van der Waals surface area (Å²) in [5.74, 6) is 0.0801. The third-order valence-electron chi connectivity index (χ3n) is 4.55. The summed E-state index contributed by atoms with van der Waals surface area (Å²) in [6.45, 7) is 1.96. The van der Waals surface area contributed by atoms with Crippen molar-refractivity contribution in [1.29, 1.82) is 0 Å². The first-order valence-electron chi connectivity index (χ1n) is 9.03. The first kappa shape index (κ1) is 18.3. The van der Waals surface area contributed by atoms with Crippen molar-refractivity contribution in [2.24, 2.45) is 0 Å². The van der Waals surface area contributed by atoms with Crippen molar-refractivity contribution in [2.75, 3.05) is 13.2 Å². The normalized spacial score (nSPS) is 16.5. The van der Waals surface area contributed by atoms with Gasteiger partial charge in [-0.05, 0) is 35.9 Å². The van der Waals surface area contributed by atoms with Crippen LogP contribution >= 0.6 is 22.7 Å². The third kappa shape index (κ3) is 4.80. The van der Waals surface area contributed by atoms with Gasteiger partial charge in [-0.2, -0.15) is 11.3 Å². The van der Waals surface area contributed by atoms with Crippen molar-refractivity contribution >= 4 is 28.6 Å². The molecular weight excluding hydrogens is 378 g/mol. The first-order valence-corrected chi connectivity index (χ1v) is 10.9. The summed E-state index contributed by atoms with van der Waals surface area (Å²) in [6, 6.07) is 5.96. The second-order valence-corrected chi connectivity index (χ2v) is 8.24. The number of thiazole rings is 1. The highest BCUT2D eigenvalue weighted by Gasteiger charge is 2.23. The van der Waals surface area contributed by atoms with Crippen LogP contribution in [0, 0.1) is 0 Å². The summed E-state index contributed by atoms with van der Waals surface area (Å²) in [5, 5.41) is 7.08. The number of pyridine rings is 1. The Kier molecular flexibility index (Phi) is 5.91. The van der Waals surface area contributed by atoms with E-state index in [4.69, 9.17) is 4.74 Å². The van der Waals surface area contributed by atoms with E-state index in [0.717, 1.165) is 41.3 Å². The number of thiophene rings is 1. The molecule has 0 spiro atoms. The molecule has 5 nitrogen and oxygen atoms in total. The van der Waals surface area contributed by atoms with Gasteiger partial charge in [0.05, 0.1) is 18.2 Å². The Bertz CT molecular complexity index is 859. The molecule has 1 saturated heterocycles. The maximum absolute atomic E-state index is 13.0. The Labute approximate surface area is 166 Å². The fourth-order valence-corrected chi connectivity index (χ4v) is 4.71. The molecule has 1 atom stereocenters. The molecule has 1 aliphatic heterocycles. The lowest BCUT2D eigenvalue weighted by Crippen LogP contribution is -2.37. The summed E-state index contributed by atoms with van der Waals surface area (Å²) in [4.78, 5) is 23.7. The van der Waals surface area contributed by atoms with Crippen molar-refractivity contribution in [1.82, 2.24) is 14.9 Å². The number of ether oxygens (including phenoxy) is 1. The molecule has 4 rings (SSSR count). The third-order valence-corrected chi connectivity index (χ3v) is 6.17. The molecule has 0 N–H and O–H groups in total. The Morgan fingerprint density at radius 2 is 2.30 bits per heavy atom. The maximum atomic E-state index is 13.0. The largest absolute Gasteiger partial charge is 0.376 e. The van der Waals surface area contributed by atoms with Gasteiger partial charge < -0.3 is 9.64 Å². The molecule has 7 heteroatoms. The molecule has 1 aliphatic rings. The van der Waals surface area contributed by atoms with Crippen LogP contribution in [0.3, 0.4) is 0 Å². The van der Waals surface area contributed by atoms with E-state index < -0.39 is 0 Å². The number of aromatic nitrogens is 2. The fraction of sp³-hybridized carbons (Fsp3) is 0.350. The zero-order valence-corrected chi connectivity index (χ0v) is 16.5. The van der Waals surface area contributed by atoms with Gasteiger partial charge >= 0.3 is 0 Å². The highest BCUT2D eigenvalue weighted by Crippen LogP contribution is 2.26. The number of amides is 1. The van der Waals surface area contributed by atoms with Gasteiger partial charge in [-0.15, -0.1) is 11.3 Å². The van der Waals surface area contributed by atoms with E-state index in [0.29, 0.717) is 19.5 Å². The Balaban J connectivity index is 1.45. The lowest BCUT2D eigenvalue weighted by Gasteiger charge is -2.25. The van der Waals surface area contributed by atoms with Crippen LogP contribution in [0.4, 0.5) is 0 Å². The molecule has 27 heavy (non-hydrogen) atoms. The van der Waals surface area contributed by atoms with E-state index in [2.05, 4.69) is 21.4 Å². The Morgan fingerprint density at radius 1 is 1.33 bits per heavy atom. The molecule has 0 bridgehead atoms. The van der Waals surface area contributed by atoms with Crippen LogP contribution in [0.25, 0.3) is 10.6 Å². The molecule has 4 heterocycles. The van der Waals surface area contributed by atoms with Crippen LogP contribution in [-0.2, 0) is 22.5 Å². The van der Waals surface area contributed by atoms with Crippen LogP contribution in [0.2, 0.25) is 0 Å². The summed E-state index contributed by atoms with van der Waals surface area (Å²) in [5.41, 5.74) is 2.98. The average molecular weight is 400 g/mol. The molecule has 3 aromatic rings. The molecule has 3 aromatic heterocycles. The zero-order valence-electron chi connectivity index (χ0n) is 14.9. The van der Waals surface area contributed by atoms with Gasteiger partial charge in [0, 0.05) is 48.4 Å². The molecule has 1 amide bonds. The van der Waals surface area contributed by atoms with Gasteiger partial charge in [-0.3, -0.25) is 9.78 Å². The molecule has 1 unspecified atom stereocenters. The Hall–Kier alpha value is -2.09. The van der Waals surface area contributed by atoms with Gasteiger partial charge in [0.15, 0.2) is 0 Å². The number of carbonyl (C=O) groups is 1. The maximum Gasteiger partial charge on any atom is 0.229 e. The van der Waals surface area contributed by atoms with Crippen molar-refractivity contribution in [2.45, 2.75) is 31.9 Å². The monoisotopic (exact) mass is 399 g/mol. The van der Waals surface area contributed by atoms with Crippen LogP contribution in [0.15, 0.2) is 46.7 Å². The number of hydrogen-bond acceptors (Lipinski definition) is 6. The molecule has 0 aromatic carbocycles. The fourth-order valence-electron chi connectivity index (χ4n) is 3.17. The topological polar surface area (TPSA) is 55.3 Å². The highest BCUT2D eigenvalue weighted by atomic mass is 32.1. The van der Waals surface area contributed by atoms with Crippen LogP contribution in [0.1, 0.15) is 24.1 Å². The van der Waals surface area contributed by atoms with Crippen molar-refractivity contribution in [3.05, 3.63) is 58.0 Å². The van der Waals surface area contributed by atoms with Crippen molar-refractivity contribution in [3.63, 3.8) is 0 Å². The van der Waals surface area contributed by atoms with E-state index in [1.54, 1.807) is 28.9 Å². The van der Waals surface area contributed by atoms with E-state index in [1.165, 1.54) is 0 Å². The number of rotatable bonds is 7. The van der Waals surface area contributed by atoms with E-state index in [-0.39, 0.29) is 12.0 Å². The SMILES string of the molecule is O=C(Cc1csc(-c2ccsc2)n1)N(Cc1cccnc1)CC1CCCO1. The van der Waals surface area contributed by atoms with Crippen LogP contribution in [-0.4, -0.2) is 40.0 Å². The summed E-state index contributed by atoms with van der Waals surface area (Å²) >= 11 is 3.24. The predicted molar refractivity (Wildman–Crippen MR) is 108 cm³/mol. The second-order valence-electron chi connectivity index (χ2n) is 6.60. The standard InChI is InChI=1S/C20H21N3O2S2/c24-19(9-17-14-27-20(22-17)16-5-8-26-13-16)23(12-18-4-2-7-25-18)11-15-3-1-6-21-10-15/h1,3,5-6,8,10,13-14,18H,2,4,7,9,11-12H2. The second kappa shape index (κ2) is 8.73. The van der Waals surface area contributed by atoms with E-state index >= 15 is 0 Å². The lowest BCUT2D eigenvalue weighted by atomic mass is 10.2. The molecule has 0 radical (unpaired) electrons. The van der Waals surface area contributed by atoms with Gasteiger partial charge in [0.1, 0.15) is 5.01 Å². The van der Waals surface area contributed by atoms with Crippen LogP contribution < -0.4 is 0 Å². The van der Waals surface area contributed by atoms with E-state index in [1.807, 2.05) is 34.0 Å². The number of carbonyl (C=O) groups excluding carboxylic acids is 1. The number of nitrogens with zero attached hydrogens (tertiary/aromatic N) is 3. The van der Waals surface area contributed by atoms with E-state index in [9.17, 15) is 4.79 Å². The van der Waals surface area contributed by atoms with Gasteiger partial charge in [0.2, 0.25) is 5.91 Å². The molecule has 1 fully saturated rings.